The summed E-state index contributed by atoms with van der Waals surface area (Å²) in [7, 11) is 4.16. The molecule has 1 heterocycles. The highest BCUT2D eigenvalue weighted by molar-refractivity contribution is 5.76. The number of nitrogens with zero attached hydrogens (tertiary/aromatic N) is 2. The molecule has 0 aromatic carbocycles. The molecule has 0 aromatic heterocycles. The normalized spacial score (nSPS) is 21.3. The number of hydrogen-bond donors (Lipinski definition) is 1. The molecule has 4 nitrogen and oxygen atoms in total. The number of likely N-dealkylation sites (tertiary alicyclic amines) is 1. The van der Waals surface area contributed by atoms with Crippen molar-refractivity contribution in [3.05, 3.63) is 0 Å². The lowest BCUT2D eigenvalue weighted by Gasteiger charge is -2.20. The minimum Gasteiger partial charge on any atom is -0.341 e. The highest BCUT2D eigenvalue weighted by Gasteiger charge is 2.26. The molecule has 4 heteroatoms. The minimum absolute atomic E-state index is 0.292. The lowest BCUT2D eigenvalue weighted by Crippen LogP contribution is -2.35. The summed E-state index contributed by atoms with van der Waals surface area (Å²) in [6, 6.07) is 0.549. The molecule has 0 aliphatic carbocycles. The molecule has 1 rings (SSSR count). The second-order valence-electron chi connectivity index (χ2n) is 4.35. The van der Waals surface area contributed by atoms with Crippen molar-refractivity contribution < 1.29 is 4.79 Å². The molecule has 0 spiro atoms. The SMILES string of the molecule is CCNCCC(=O)N1CCC(N(C)C)C1. The van der Waals surface area contributed by atoms with Gasteiger partial charge in [-0.3, -0.25) is 4.79 Å². The van der Waals surface area contributed by atoms with Crippen molar-refractivity contribution in [2.24, 2.45) is 0 Å². The van der Waals surface area contributed by atoms with E-state index in [9.17, 15) is 4.79 Å². The number of carbonyl (C=O) groups excluding carboxylic acids is 1. The van der Waals surface area contributed by atoms with Crippen LogP contribution >= 0.6 is 0 Å². The van der Waals surface area contributed by atoms with Crippen LogP contribution in [0.4, 0.5) is 0 Å². The zero-order chi connectivity index (χ0) is 11.3. The quantitative estimate of drug-likeness (QED) is 0.660. The molecule has 0 bridgehead atoms. The molecule has 1 unspecified atom stereocenters. The first-order chi connectivity index (χ1) is 7.15. The Bertz CT molecular complexity index is 206. The van der Waals surface area contributed by atoms with Gasteiger partial charge in [0.2, 0.25) is 5.91 Å². The van der Waals surface area contributed by atoms with Crippen LogP contribution in [0.1, 0.15) is 19.8 Å². The molecule has 15 heavy (non-hydrogen) atoms. The third-order valence-corrected chi connectivity index (χ3v) is 3.01. The van der Waals surface area contributed by atoms with Crippen LogP contribution in [0.2, 0.25) is 0 Å². The molecule has 88 valence electrons. The average Bonchev–Trinajstić information content (AvgIpc) is 2.66. The largest absolute Gasteiger partial charge is 0.341 e. The maximum absolute atomic E-state index is 11.8. The van der Waals surface area contributed by atoms with Gasteiger partial charge < -0.3 is 15.1 Å². The van der Waals surface area contributed by atoms with Crippen LogP contribution in [0.25, 0.3) is 0 Å². The predicted octanol–water partition coefficient (Wildman–Crippen LogP) is 0.149. The van der Waals surface area contributed by atoms with E-state index in [1.54, 1.807) is 0 Å². The van der Waals surface area contributed by atoms with E-state index in [4.69, 9.17) is 0 Å². The first-order valence-electron chi connectivity index (χ1n) is 5.80. The fourth-order valence-electron chi connectivity index (χ4n) is 1.92. The van der Waals surface area contributed by atoms with Gasteiger partial charge in [0.25, 0.3) is 0 Å². The lowest BCUT2D eigenvalue weighted by atomic mass is 10.2. The van der Waals surface area contributed by atoms with Crippen molar-refractivity contribution in [1.29, 1.82) is 0 Å². The van der Waals surface area contributed by atoms with Gasteiger partial charge >= 0.3 is 0 Å². The van der Waals surface area contributed by atoms with Crippen LogP contribution in [0, 0.1) is 0 Å². The third kappa shape index (κ3) is 3.80. The number of hydrogen-bond acceptors (Lipinski definition) is 3. The van der Waals surface area contributed by atoms with E-state index >= 15 is 0 Å². The first-order valence-corrected chi connectivity index (χ1v) is 5.80. The number of likely N-dealkylation sites (N-methyl/N-ethyl adjacent to an activating group) is 1. The predicted molar refractivity (Wildman–Crippen MR) is 61.8 cm³/mol. The van der Waals surface area contributed by atoms with Gasteiger partial charge in [0, 0.05) is 32.1 Å². The van der Waals surface area contributed by atoms with Gasteiger partial charge in [-0.25, -0.2) is 0 Å². The van der Waals surface area contributed by atoms with Crippen molar-refractivity contribution in [1.82, 2.24) is 15.1 Å². The van der Waals surface area contributed by atoms with Gasteiger partial charge in [0.15, 0.2) is 0 Å². The van der Waals surface area contributed by atoms with Gasteiger partial charge in [0.1, 0.15) is 0 Å². The fourth-order valence-corrected chi connectivity index (χ4v) is 1.92. The molecule has 1 aliphatic rings. The topological polar surface area (TPSA) is 35.6 Å². The zero-order valence-corrected chi connectivity index (χ0v) is 10.1. The molecular formula is C11H23N3O. The van der Waals surface area contributed by atoms with Crippen LogP contribution in [0.15, 0.2) is 0 Å². The van der Waals surface area contributed by atoms with Gasteiger partial charge in [0.05, 0.1) is 0 Å². The monoisotopic (exact) mass is 213 g/mol. The van der Waals surface area contributed by atoms with Crippen molar-refractivity contribution in [3.63, 3.8) is 0 Å². The van der Waals surface area contributed by atoms with Crippen LogP contribution in [0.3, 0.4) is 0 Å². The van der Waals surface area contributed by atoms with Crippen LogP contribution in [0.5, 0.6) is 0 Å². The highest BCUT2D eigenvalue weighted by atomic mass is 16.2. The summed E-state index contributed by atoms with van der Waals surface area (Å²) in [5.41, 5.74) is 0. The van der Waals surface area contributed by atoms with E-state index in [0.717, 1.165) is 32.6 Å². The molecule has 0 aromatic rings. The highest BCUT2D eigenvalue weighted by Crippen LogP contribution is 2.13. The Morgan fingerprint density at radius 2 is 2.27 bits per heavy atom. The van der Waals surface area contributed by atoms with Crippen LogP contribution in [-0.4, -0.2) is 62.0 Å². The Balaban J connectivity index is 2.24. The Morgan fingerprint density at radius 3 is 2.80 bits per heavy atom. The molecule has 0 radical (unpaired) electrons. The maximum Gasteiger partial charge on any atom is 0.223 e. The number of amides is 1. The third-order valence-electron chi connectivity index (χ3n) is 3.01. The molecule has 0 saturated carbocycles. The van der Waals surface area contributed by atoms with Gasteiger partial charge in [-0.1, -0.05) is 6.92 Å². The van der Waals surface area contributed by atoms with Crippen molar-refractivity contribution >= 4 is 5.91 Å². The fraction of sp³-hybridized carbons (Fsp3) is 0.909. The Morgan fingerprint density at radius 1 is 1.53 bits per heavy atom. The zero-order valence-electron chi connectivity index (χ0n) is 10.1. The van der Waals surface area contributed by atoms with Crippen LogP contribution < -0.4 is 5.32 Å². The summed E-state index contributed by atoms with van der Waals surface area (Å²) in [6.07, 6.45) is 1.74. The second kappa shape index (κ2) is 6.08. The average molecular weight is 213 g/mol. The van der Waals surface area contributed by atoms with E-state index in [2.05, 4.69) is 31.2 Å². The molecular weight excluding hydrogens is 190 g/mol. The van der Waals surface area contributed by atoms with Gasteiger partial charge in [-0.15, -0.1) is 0 Å². The number of nitrogens with one attached hydrogen (secondary N) is 1. The summed E-state index contributed by atoms with van der Waals surface area (Å²) in [5.74, 6) is 0.292. The molecule has 1 aliphatic heterocycles. The smallest absolute Gasteiger partial charge is 0.223 e. The molecule has 1 saturated heterocycles. The van der Waals surface area contributed by atoms with Gasteiger partial charge in [-0.05, 0) is 27.1 Å². The molecule has 1 amide bonds. The van der Waals surface area contributed by atoms with Crippen molar-refractivity contribution in [3.8, 4) is 0 Å². The summed E-state index contributed by atoms with van der Waals surface area (Å²) in [6.45, 7) is 5.63. The summed E-state index contributed by atoms with van der Waals surface area (Å²) in [4.78, 5) is 15.9. The minimum atomic E-state index is 0.292. The Labute approximate surface area is 92.6 Å². The van der Waals surface area contributed by atoms with E-state index < -0.39 is 0 Å². The summed E-state index contributed by atoms with van der Waals surface area (Å²) in [5, 5.41) is 3.18. The maximum atomic E-state index is 11.8. The molecule has 1 fully saturated rings. The molecule has 1 N–H and O–H groups in total. The summed E-state index contributed by atoms with van der Waals surface area (Å²) < 4.78 is 0. The second-order valence-corrected chi connectivity index (χ2v) is 4.35. The number of carbonyl (C=O) groups is 1. The first kappa shape index (κ1) is 12.5. The number of rotatable bonds is 5. The Hall–Kier alpha value is -0.610. The van der Waals surface area contributed by atoms with Crippen LogP contribution in [-0.2, 0) is 4.79 Å². The van der Waals surface area contributed by atoms with Crippen molar-refractivity contribution in [2.45, 2.75) is 25.8 Å². The van der Waals surface area contributed by atoms with Gasteiger partial charge in [-0.2, -0.15) is 0 Å². The standard InChI is InChI=1S/C11H23N3O/c1-4-12-7-5-11(15)14-8-6-10(9-14)13(2)3/h10,12H,4-9H2,1-3H3. The van der Waals surface area contributed by atoms with E-state index in [1.165, 1.54) is 0 Å². The summed E-state index contributed by atoms with van der Waals surface area (Å²) >= 11 is 0. The lowest BCUT2D eigenvalue weighted by molar-refractivity contribution is -0.130. The molecule has 1 atom stereocenters. The van der Waals surface area contributed by atoms with E-state index in [0.29, 0.717) is 18.4 Å². The van der Waals surface area contributed by atoms with E-state index in [-0.39, 0.29) is 0 Å². The van der Waals surface area contributed by atoms with E-state index in [1.807, 2.05) is 4.90 Å². The Kier molecular flexibility index (Phi) is 5.05. The van der Waals surface area contributed by atoms with Crippen molar-refractivity contribution in [2.75, 3.05) is 40.3 Å².